The number of hydrogen-bond donors (Lipinski definition) is 0. The second-order valence-corrected chi connectivity index (χ2v) is 12.1. The van der Waals surface area contributed by atoms with Crippen molar-refractivity contribution in [2.75, 3.05) is 0 Å². The molecule has 2 aliphatic heterocycles. The highest BCUT2D eigenvalue weighted by Gasteiger charge is 2.24. The minimum absolute atomic E-state index is 0.783. The van der Waals surface area contributed by atoms with Gasteiger partial charge in [-0.25, -0.2) is 0 Å². The van der Waals surface area contributed by atoms with Gasteiger partial charge in [0.25, 0.3) is 0 Å². The number of para-hydroxylation sites is 2. The summed E-state index contributed by atoms with van der Waals surface area (Å²) >= 11 is 0. The molecule has 0 N–H and O–H groups in total. The third-order valence-electron chi connectivity index (χ3n) is 9.09. The van der Waals surface area contributed by atoms with Gasteiger partial charge in [-0.1, -0.05) is 72.8 Å². The summed E-state index contributed by atoms with van der Waals surface area (Å²) in [5.41, 5.74) is 6.37. The van der Waals surface area contributed by atoms with Crippen molar-refractivity contribution in [3.05, 3.63) is 158 Å². The van der Waals surface area contributed by atoms with Crippen LogP contribution in [0.4, 0.5) is 0 Å². The zero-order chi connectivity index (χ0) is 31.6. The van der Waals surface area contributed by atoms with Crippen LogP contribution in [0.25, 0.3) is 54.9 Å². The van der Waals surface area contributed by atoms with E-state index >= 15 is 0 Å². The molecule has 0 amide bonds. The Hall–Kier alpha value is -6.52. The van der Waals surface area contributed by atoms with E-state index in [1.807, 2.05) is 84.9 Å². The molecule has 0 spiro atoms. The molecule has 48 heavy (non-hydrogen) atoms. The van der Waals surface area contributed by atoms with Crippen molar-refractivity contribution in [3.63, 3.8) is 0 Å². The van der Waals surface area contributed by atoms with Gasteiger partial charge in [-0.2, -0.15) is 0 Å². The Morgan fingerprint density at radius 2 is 0.771 bits per heavy atom. The van der Waals surface area contributed by atoms with Crippen molar-refractivity contribution >= 4 is 21.5 Å². The van der Waals surface area contributed by atoms with E-state index in [1.165, 1.54) is 0 Å². The van der Waals surface area contributed by atoms with E-state index in [2.05, 4.69) is 72.8 Å². The van der Waals surface area contributed by atoms with Crippen LogP contribution in [-0.4, -0.2) is 0 Å². The fourth-order valence-electron chi connectivity index (χ4n) is 6.95. The summed E-state index contributed by atoms with van der Waals surface area (Å²) in [7, 11) is 0. The molecule has 0 saturated heterocycles. The molecule has 0 bridgehead atoms. The van der Waals surface area contributed by atoms with E-state index in [9.17, 15) is 0 Å². The topological polar surface area (TPSA) is 36.9 Å². The van der Waals surface area contributed by atoms with Crippen molar-refractivity contribution in [2.45, 2.75) is 0 Å². The zero-order valence-electron chi connectivity index (χ0n) is 25.6. The van der Waals surface area contributed by atoms with Gasteiger partial charge in [-0.3, -0.25) is 0 Å². The molecule has 0 atom stereocenters. The standard InChI is InChI=1S/C44H26O4/c1-3-11-31(12-4-1)45-33-21-29-9-7-15-41-43(29)37(25-33)35-23-27(17-19-39(35)47-41)28-18-20-40-36(24-28)38-26-34(46-32-13-5-2-6-14-32)22-30-10-8-16-42(48-40)44(30)38/h1-26H. The quantitative estimate of drug-likeness (QED) is 0.192. The predicted octanol–water partition coefficient (Wildman–Crippen LogP) is 12.8. The molecular weight excluding hydrogens is 592 g/mol. The van der Waals surface area contributed by atoms with Crippen molar-refractivity contribution in [3.8, 4) is 79.4 Å². The highest BCUT2D eigenvalue weighted by Crippen LogP contribution is 2.52. The zero-order valence-corrected chi connectivity index (χ0v) is 25.6. The molecule has 0 unspecified atom stereocenters. The van der Waals surface area contributed by atoms with Crippen LogP contribution >= 0.6 is 0 Å². The first-order valence-corrected chi connectivity index (χ1v) is 16.0. The number of hydrogen-bond acceptors (Lipinski definition) is 4. The Balaban J connectivity index is 1.09. The van der Waals surface area contributed by atoms with Gasteiger partial charge in [0.05, 0.1) is 0 Å². The largest absolute Gasteiger partial charge is 0.457 e. The molecule has 4 nitrogen and oxygen atoms in total. The van der Waals surface area contributed by atoms with Crippen LogP contribution in [0, 0.1) is 0 Å². The summed E-state index contributed by atoms with van der Waals surface area (Å²) in [6, 6.07) is 53.3. The van der Waals surface area contributed by atoms with E-state index in [0.717, 1.165) is 101 Å². The van der Waals surface area contributed by atoms with Crippen LogP contribution in [0.5, 0.6) is 46.0 Å². The van der Waals surface area contributed by atoms with Crippen LogP contribution in [0.3, 0.4) is 0 Å². The first-order chi connectivity index (χ1) is 23.7. The smallest absolute Gasteiger partial charge is 0.135 e. The maximum absolute atomic E-state index is 6.45. The number of benzene rings is 8. The van der Waals surface area contributed by atoms with Crippen molar-refractivity contribution < 1.29 is 18.9 Å². The molecule has 0 fully saturated rings. The summed E-state index contributed by atoms with van der Waals surface area (Å²) in [5, 5.41) is 4.29. The number of ether oxygens (including phenoxy) is 4. The van der Waals surface area contributed by atoms with Crippen molar-refractivity contribution in [2.24, 2.45) is 0 Å². The monoisotopic (exact) mass is 618 g/mol. The van der Waals surface area contributed by atoms with E-state index in [1.54, 1.807) is 0 Å². The lowest BCUT2D eigenvalue weighted by molar-refractivity contribution is 0.479. The average Bonchev–Trinajstić information content (AvgIpc) is 3.12. The lowest BCUT2D eigenvalue weighted by atomic mass is 9.90. The van der Waals surface area contributed by atoms with Gasteiger partial charge in [0.15, 0.2) is 0 Å². The van der Waals surface area contributed by atoms with E-state index in [4.69, 9.17) is 18.9 Å². The molecule has 8 aromatic carbocycles. The molecule has 2 aliphatic rings. The van der Waals surface area contributed by atoms with Crippen molar-refractivity contribution in [1.29, 1.82) is 0 Å². The van der Waals surface area contributed by atoms with Gasteiger partial charge < -0.3 is 18.9 Å². The van der Waals surface area contributed by atoms with Crippen LogP contribution in [0.15, 0.2) is 158 Å². The van der Waals surface area contributed by atoms with E-state index in [0.29, 0.717) is 0 Å². The fourth-order valence-corrected chi connectivity index (χ4v) is 6.95. The summed E-state index contributed by atoms with van der Waals surface area (Å²) in [4.78, 5) is 0. The average molecular weight is 619 g/mol. The Kier molecular flexibility index (Phi) is 5.84. The Morgan fingerprint density at radius 3 is 1.23 bits per heavy atom. The maximum Gasteiger partial charge on any atom is 0.135 e. The second-order valence-electron chi connectivity index (χ2n) is 12.1. The SMILES string of the molecule is c1ccc(Oc2cc3c4c(cccc4c2)Oc2ccc(-c4ccc5c(c4)-c4cc(Oc6ccccc6)cc6cccc(c46)O5)cc2-3)cc1. The van der Waals surface area contributed by atoms with Crippen LogP contribution < -0.4 is 18.9 Å². The first kappa shape index (κ1) is 26.7. The minimum atomic E-state index is 0.783. The van der Waals surface area contributed by atoms with Gasteiger partial charge in [0, 0.05) is 33.0 Å². The van der Waals surface area contributed by atoms with E-state index < -0.39 is 0 Å². The summed E-state index contributed by atoms with van der Waals surface area (Å²) in [5.74, 6) is 6.49. The molecule has 0 radical (unpaired) electrons. The Morgan fingerprint density at radius 1 is 0.312 bits per heavy atom. The molecule has 226 valence electrons. The molecular formula is C44H26O4. The predicted molar refractivity (Wildman–Crippen MR) is 191 cm³/mol. The molecule has 0 saturated carbocycles. The van der Waals surface area contributed by atoms with Gasteiger partial charge in [0.1, 0.15) is 46.0 Å². The second kappa shape index (κ2) is 10.5. The van der Waals surface area contributed by atoms with Gasteiger partial charge in [-0.05, 0) is 107 Å². The van der Waals surface area contributed by atoms with Gasteiger partial charge in [0.2, 0.25) is 0 Å². The minimum Gasteiger partial charge on any atom is -0.457 e. The molecule has 0 aliphatic carbocycles. The molecule has 2 heterocycles. The fraction of sp³-hybridized carbons (Fsp3) is 0. The number of fused-ring (bicyclic) bond motifs is 4. The summed E-state index contributed by atoms with van der Waals surface area (Å²) in [6.07, 6.45) is 0. The van der Waals surface area contributed by atoms with Crippen LogP contribution in [0.2, 0.25) is 0 Å². The van der Waals surface area contributed by atoms with E-state index in [-0.39, 0.29) is 0 Å². The van der Waals surface area contributed by atoms with Gasteiger partial charge in [-0.15, -0.1) is 0 Å². The molecule has 0 aromatic heterocycles. The molecule has 10 rings (SSSR count). The first-order valence-electron chi connectivity index (χ1n) is 16.0. The molecule has 8 aromatic rings. The number of rotatable bonds is 5. The Bertz CT molecular complexity index is 2380. The summed E-state index contributed by atoms with van der Waals surface area (Å²) < 4.78 is 25.6. The maximum atomic E-state index is 6.45. The highest BCUT2D eigenvalue weighted by atomic mass is 16.5. The third-order valence-corrected chi connectivity index (χ3v) is 9.09. The van der Waals surface area contributed by atoms with Crippen LogP contribution in [-0.2, 0) is 0 Å². The lowest BCUT2D eigenvalue weighted by Gasteiger charge is -2.24. The third kappa shape index (κ3) is 4.38. The summed E-state index contributed by atoms with van der Waals surface area (Å²) in [6.45, 7) is 0. The Labute approximate surface area is 277 Å². The van der Waals surface area contributed by atoms with Gasteiger partial charge >= 0.3 is 0 Å². The highest BCUT2D eigenvalue weighted by molar-refractivity contribution is 6.07. The normalized spacial score (nSPS) is 12.1. The van der Waals surface area contributed by atoms with Crippen molar-refractivity contribution in [1.82, 2.24) is 0 Å². The van der Waals surface area contributed by atoms with Crippen LogP contribution in [0.1, 0.15) is 0 Å². The molecule has 4 heteroatoms. The lowest BCUT2D eigenvalue weighted by Crippen LogP contribution is -1.99.